The Labute approximate surface area is 206 Å². The SMILES string of the molecule is COc1cc2c(cc1OC)CN(CCc1ccc(NC(=O)c3cccc4ccccc34)cc1)CC2. The van der Waals surface area contributed by atoms with Crippen LogP contribution >= 0.6 is 0 Å². The van der Waals surface area contributed by atoms with Gasteiger partial charge in [0.2, 0.25) is 0 Å². The molecule has 178 valence electrons. The maximum atomic E-state index is 12.9. The van der Waals surface area contributed by atoms with E-state index in [1.165, 1.54) is 16.7 Å². The molecule has 0 saturated heterocycles. The molecule has 5 rings (SSSR count). The minimum atomic E-state index is -0.0893. The number of anilines is 1. The maximum absolute atomic E-state index is 12.9. The van der Waals surface area contributed by atoms with Gasteiger partial charge in [-0.05, 0) is 70.6 Å². The summed E-state index contributed by atoms with van der Waals surface area (Å²) in [4.78, 5) is 15.4. The maximum Gasteiger partial charge on any atom is 0.256 e. The van der Waals surface area contributed by atoms with Gasteiger partial charge >= 0.3 is 0 Å². The van der Waals surface area contributed by atoms with Crippen molar-refractivity contribution in [3.63, 3.8) is 0 Å². The highest BCUT2D eigenvalue weighted by atomic mass is 16.5. The van der Waals surface area contributed by atoms with Crippen LogP contribution in [0.1, 0.15) is 27.0 Å². The van der Waals surface area contributed by atoms with Crippen LogP contribution in [0.4, 0.5) is 5.69 Å². The Bertz CT molecular complexity index is 1340. The van der Waals surface area contributed by atoms with Gasteiger partial charge in [-0.25, -0.2) is 0 Å². The van der Waals surface area contributed by atoms with Crippen LogP contribution in [0.25, 0.3) is 10.8 Å². The lowest BCUT2D eigenvalue weighted by molar-refractivity contribution is 0.102. The van der Waals surface area contributed by atoms with E-state index in [9.17, 15) is 4.79 Å². The molecule has 1 aliphatic rings. The Hall–Kier alpha value is -3.83. The average Bonchev–Trinajstić information content (AvgIpc) is 2.91. The summed E-state index contributed by atoms with van der Waals surface area (Å²) in [6, 6.07) is 26.2. The summed E-state index contributed by atoms with van der Waals surface area (Å²) >= 11 is 0. The lowest BCUT2D eigenvalue weighted by atomic mass is 9.98. The van der Waals surface area contributed by atoms with Crippen LogP contribution in [0, 0.1) is 0 Å². The molecule has 5 nitrogen and oxygen atoms in total. The van der Waals surface area contributed by atoms with Crippen LogP contribution in [-0.2, 0) is 19.4 Å². The third-order valence-electron chi connectivity index (χ3n) is 6.76. The van der Waals surface area contributed by atoms with Gasteiger partial charge in [-0.2, -0.15) is 0 Å². The molecule has 0 spiro atoms. The summed E-state index contributed by atoms with van der Waals surface area (Å²) in [6.07, 6.45) is 1.97. The smallest absolute Gasteiger partial charge is 0.256 e. The molecule has 1 amide bonds. The molecule has 0 aliphatic carbocycles. The van der Waals surface area contributed by atoms with E-state index in [2.05, 4.69) is 34.5 Å². The van der Waals surface area contributed by atoms with Gasteiger partial charge in [0, 0.05) is 30.9 Å². The molecular weight excluding hydrogens is 436 g/mol. The van der Waals surface area contributed by atoms with Crippen molar-refractivity contribution in [3.05, 3.63) is 101 Å². The minimum Gasteiger partial charge on any atom is -0.493 e. The van der Waals surface area contributed by atoms with Gasteiger partial charge in [0.05, 0.1) is 14.2 Å². The monoisotopic (exact) mass is 466 g/mol. The lowest BCUT2D eigenvalue weighted by Gasteiger charge is -2.29. The van der Waals surface area contributed by atoms with E-state index in [4.69, 9.17) is 9.47 Å². The van der Waals surface area contributed by atoms with Crippen LogP contribution in [0.5, 0.6) is 11.5 Å². The summed E-state index contributed by atoms with van der Waals surface area (Å²) < 4.78 is 10.9. The molecule has 4 aromatic rings. The van der Waals surface area contributed by atoms with Gasteiger partial charge in [-0.3, -0.25) is 9.69 Å². The lowest BCUT2D eigenvalue weighted by Crippen LogP contribution is -2.32. The number of carbonyl (C=O) groups is 1. The van der Waals surface area contributed by atoms with Gasteiger partial charge in [0.1, 0.15) is 0 Å². The van der Waals surface area contributed by atoms with Crippen molar-refractivity contribution in [2.45, 2.75) is 19.4 Å². The van der Waals surface area contributed by atoms with E-state index < -0.39 is 0 Å². The Balaban J connectivity index is 1.19. The minimum absolute atomic E-state index is 0.0893. The zero-order valence-electron chi connectivity index (χ0n) is 20.2. The van der Waals surface area contributed by atoms with Gasteiger partial charge in [0.25, 0.3) is 5.91 Å². The zero-order valence-corrected chi connectivity index (χ0v) is 20.2. The number of hydrogen-bond donors (Lipinski definition) is 1. The number of methoxy groups -OCH3 is 2. The number of amides is 1. The first-order valence-electron chi connectivity index (χ1n) is 12.0. The van der Waals surface area contributed by atoms with E-state index in [1.54, 1.807) is 14.2 Å². The molecule has 0 aromatic heterocycles. The number of hydrogen-bond acceptors (Lipinski definition) is 4. The summed E-state index contributed by atoms with van der Waals surface area (Å²) in [5, 5.41) is 5.07. The third kappa shape index (κ3) is 5.00. The molecule has 35 heavy (non-hydrogen) atoms. The second-order valence-corrected chi connectivity index (χ2v) is 8.93. The molecule has 0 saturated carbocycles. The van der Waals surface area contributed by atoms with Crippen molar-refractivity contribution in [1.29, 1.82) is 0 Å². The first-order valence-corrected chi connectivity index (χ1v) is 12.0. The number of carbonyl (C=O) groups excluding carboxylic acids is 1. The van der Waals surface area contributed by atoms with Gasteiger partial charge in [-0.1, -0.05) is 48.5 Å². The van der Waals surface area contributed by atoms with Crippen molar-refractivity contribution in [2.24, 2.45) is 0 Å². The Morgan fingerprint density at radius 1 is 0.886 bits per heavy atom. The van der Waals surface area contributed by atoms with Crippen molar-refractivity contribution >= 4 is 22.4 Å². The van der Waals surface area contributed by atoms with Crippen molar-refractivity contribution in [3.8, 4) is 11.5 Å². The molecule has 4 aromatic carbocycles. The molecule has 0 atom stereocenters. The van der Waals surface area contributed by atoms with Crippen LogP contribution in [-0.4, -0.2) is 38.1 Å². The number of nitrogens with zero attached hydrogens (tertiary/aromatic N) is 1. The van der Waals surface area contributed by atoms with Crippen LogP contribution in [0.2, 0.25) is 0 Å². The van der Waals surface area contributed by atoms with Crippen molar-refractivity contribution in [2.75, 3.05) is 32.6 Å². The first kappa shape index (κ1) is 22.9. The number of rotatable bonds is 7. The number of nitrogens with one attached hydrogen (secondary N) is 1. The fourth-order valence-electron chi connectivity index (χ4n) is 4.80. The molecular formula is C30H30N2O3. The Kier molecular flexibility index (Phi) is 6.68. The van der Waals surface area contributed by atoms with Crippen LogP contribution < -0.4 is 14.8 Å². The van der Waals surface area contributed by atoms with E-state index in [1.807, 2.05) is 54.6 Å². The molecule has 5 heteroatoms. The number of fused-ring (bicyclic) bond motifs is 2. The van der Waals surface area contributed by atoms with Crippen LogP contribution in [0.3, 0.4) is 0 Å². The predicted octanol–water partition coefficient (Wildman–Crippen LogP) is 5.71. The van der Waals surface area contributed by atoms with E-state index in [-0.39, 0.29) is 5.91 Å². The second kappa shape index (κ2) is 10.2. The van der Waals surface area contributed by atoms with E-state index in [0.717, 1.165) is 60.4 Å². The summed E-state index contributed by atoms with van der Waals surface area (Å²) in [5.41, 5.74) is 5.39. The van der Waals surface area contributed by atoms with E-state index >= 15 is 0 Å². The fraction of sp³-hybridized carbons (Fsp3) is 0.233. The quantitative estimate of drug-likeness (QED) is 0.379. The first-order chi connectivity index (χ1) is 17.1. The van der Waals surface area contributed by atoms with Crippen molar-refractivity contribution < 1.29 is 14.3 Å². The summed E-state index contributed by atoms with van der Waals surface area (Å²) in [7, 11) is 3.36. The van der Waals surface area contributed by atoms with Crippen LogP contribution in [0.15, 0.2) is 78.9 Å². The van der Waals surface area contributed by atoms with Gasteiger partial charge in [-0.15, -0.1) is 0 Å². The summed E-state index contributed by atoms with van der Waals surface area (Å²) in [5.74, 6) is 1.50. The van der Waals surface area contributed by atoms with Crippen molar-refractivity contribution in [1.82, 2.24) is 4.90 Å². The zero-order chi connectivity index (χ0) is 24.2. The molecule has 1 N–H and O–H groups in total. The van der Waals surface area contributed by atoms with Gasteiger partial charge in [0.15, 0.2) is 11.5 Å². The third-order valence-corrected chi connectivity index (χ3v) is 6.76. The molecule has 1 aliphatic heterocycles. The second-order valence-electron chi connectivity index (χ2n) is 8.93. The fourth-order valence-corrected chi connectivity index (χ4v) is 4.80. The van der Waals surface area contributed by atoms with Gasteiger partial charge < -0.3 is 14.8 Å². The van der Waals surface area contributed by atoms with E-state index in [0.29, 0.717) is 5.56 Å². The topological polar surface area (TPSA) is 50.8 Å². The number of ether oxygens (including phenoxy) is 2. The normalized spacial score (nSPS) is 13.3. The molecule has 1 heterocycles. The highest BCUT2D eigenvalue weighted by Gasteiger charge is 2.19. The molecule has 0 unspecified atom stereocenters. The Morgan fingerprint density at radius 3 is 2.37 bits per heavy atom. The highest BCUT2D eigenvalue weighted by molar-refractivity contribution is 6.12. The predicted molar refractivity (Wildman–Crippen MR) is 141 cm³/mol. The number of benzene rings is 4. The summed E-state index contributed by atoms with van der Waals surface area (Å²) in [6.45, 7) is 2.92. The molecule has 0 bridgehead atoms. The average molecular weight is 467 g/mol. The highest BCUT2D eigenvalue weighted by Crippen LogP contribution is 2.33. The largest absolute Gasteiger partial charge is 0.493 e. The Morgan fingerprint density at radius 2 is 1.60 bits per heavy atom. The molecule has 0 radical (unpaired) electrons. The molecule has 0 fully saturated rings. The standard InChI is InChI=1S/C30H30N2O3/c1-34-28-18-23-15-17-32(20-24(23)19-29(28)35-2)16-14-21-10-12-25(13-11-21)31-30(33)27-9-5-7-22-6-3-4-8-26(22)27/h3-13,18-19H,14-17,20H2,1-2H3,(H,31,33).